The summed E-state index contributed by atoms with van der Waals surface area (Å²) in [6.07, 6.45) is 9.06. The maximum Gasteiger partial charge on any atom is 0.0449 e. The third-order valence-corrected chi connectivity index (χ3v) is 2.53. The van der Waals surface area contributed by atoms with E-state index in [1.807, 2.05) is 0 Å². The van der Waals surface area contributed by atoms with E-state index in [4.69, 9.17) is 6.42 Å². The van der Waals surface area contributed by atoms with Gasteiger partial charge in [-0.2, -0.15) is 0 Å². The fourth-order valence-corrected chi connectivity index (χ4v) is 1.55. The van der Waals surface area contributed by atoms with Gasteiger partial charge in [0.15, 0.2) is 0 Å². The van der Waals surface area contributed by atoms with Crippen molar-refractivity contribution >= 4 is 0 Å². The Kier molecular flexibility index (Phi) is 4.26. The molecule has 0 radical (unpaired) electrons. The second-order valence-corrected chi connectivity index (χ2v) is 3.77. The Labute approximate surface area is 87.4 Å². The Morgan fingerprint density at radius 1 is 1.29 bits per heavy atom. The lowest BCUT2D eigenvalue weighted by molar-refractivity contribution is 0.676. The highest BCUT2D eigenvalue weighted by Crippen LogP contribution is 2.21. The Balaban J connectivity index is 2.70. The molecule has 0 N–H and O–H groups in total. The highest BCUT2D eigenvalue weighted by Gasteiger charge is 2.06. The molecule has 0 saturated carbocycles. The summed E-state index contributed by atoms with van der Waals surface area (Å²) in [5.41, 5.74) is 2.58. The van der Waals surface area contributed by atoms with Crippen LogP contribution in [0.1, 0.15) is 43.2 Å². The third kappa shape index (κ3) is 2.92. The Bertz CT molecular complexity index is 300. The quantitative estimate of drug-likeness (QED) is 0.625. The molecule has 1 rings (SSSR count). The molecule has 0 nitrogen and oxygen atoms in total. The van der Waals surface area contributed by atoms with Crippen LogP contribution in [0.3, 0.4) is 0 Å². The minimum Gasteiger partial charge on any atom is -0.119 e. The minimum absolute atomic E-state index is 0.301. The van der Waals surface area contributed by atoms with Crippen LogP contribution >= 0.6 is 0 Å². The summed E-state index contributed by atoms with van der Waals surface area (Å²) in [7, 11) is 0. The monoisotopic (exact) mass is 186 g/mol. The van der Waals surface area contributed by atoms with Gasteiger partial charge in [-0.15, -0.1) is 6.42 Å². The molecule has 0 aliphatic heterocycles. The first kappa shape index (κ1) is 10.9. The number of benzene rings is 1. The Morgan fingerprint density at radius 3 is 2.43 bits per heavy atom. The number of hydrogen-bond acceptors (Lipinski definition) is 0. The van der Waals surface area contributed by atoms with Crippen LogP contribution in [0.2, 0.25) is 0 Å². The van der Waals surface area contributed by atoms with Gasteiger partial charge in [0.1, 0.15) is 0 Å². The molecule has 0 aliphatic carbocycles. The summed E-state index contributed by atoms with van der Waals surface area (Å²) in [4.78, 5) is 0. The van der Waals surface area contributed by atoms with Gasteiger partial charge in [0.05, 0.1) is 0 Å². The van der Waals surface area contributed by atoms with Gasteiger partial charge in [0.25, 0.3) is 0 Å². The summed E-state index contributed by atoms with van der Waals surface area (Å²) in [5, 5.41) is 0. The first-order valence-electron chi connectivity index (χ1n) is 5.30. The first-order chi connectivity index (χ1) is 6.77. The van der Waals surface area contributed by atoms with Crippen LogP contribution in [0.4, 0.5) is 0 Å². The maximum atomic E-state index is 5.53. The van der Waals surface area contributed by atoms with Gasteiger partial charge in [0.2, 0.25) is 0 Å². The molecule has 0 aliphatic rings. The van der Waals surface area contributed by atoms with Gasteiger partial charge < -0.3 is 0 Å². The molecule has 1 aromatic carbocycles. The Morgan fingerprint density at radius 2 is 1.93 bits per heavy atom. The van der Waals surface area contributed by atoms with Crippen LogP contribution in [0.25, 0.3) is 0 Å². The van der Waals surface area contributed by atoms with Crippen molar-refractivity contribution in [3.63, 3.8) is 0 Å². The predicted molar refractivity (Wildman–Crippen MR) is 62.3 cm³/mol. The van der Waals surface area contributed by atoms with Gasteiger partial charge in [-0.25, -0.2) is 0 Å². The van der Waals surface area contributed by atoms with E-state index >= 15 is 0 Å². The topological polar surface area (TPSA) is 0 Å². The zero-order valence-corrected chi connectivity index (χ0v) is 9.09. The van der Waals surface area contributed by atoms with Crippen molar-refractivity contribution < 1.29 is 0 Å². The summed E-state index contributed by atoms with van der Waals surface area (Å²) >= 11 is 0. The van der Waals surface area contributed by atoms with E-state index < -0.39 is 0 Å². The van der Waals surface area contributed by atoms with Gasteiger partial charge in [-0.3, -0.25) is 0 Å². The second kappa shape index (κ2) is 5.50. The van der Waals surface area contributed by atoms with Crippen LogP contribution in [0.15, 0.2) is 24.3 Å². The molecule has 0 spiro atoms. The molecular formula is C14H18. The summed E-state index contributed by atoms with van der Waals surface area (Å²) in [6.45, 7) is 4.30. The molecular weight excluding hydrogens is 168 g/mol. The van der Waals surface area contributed by atoms with Crippen molar-refractivity contribution in [2.24, 2.45) is 0 Å². The standard InChI is InChI=1S/C14H18/c1-4-6-7-13(5-2)14-10-8-12(3)9-11-14/h2,8-11,13H,4,6-7H2,1,3H3. The molecule has 0 amide bonds. The molecule has 14 heavy (non-hydrogen) atoms. The number of hydrogen-bond donors (Lipinski definition) is 0. The van der Waals surface area contributed by atoms with E-state index in [0.717, 1.165) is 6.42 Å². The second-order valence-electron chi connectivity index (χ2n) is 3.77. The molecule has 0 heteroatoms. The number of terminal acetylenes is 1. The average Bonchev–Trinajstić information content (AvgIpc) is 2.21. The summed E-state index contributed by atoms with van der Waals surface area (Å²) in [5.74, 6) is 3.17. The van der Waals surface area contributed by atoms with Crippen molar-refractivity contribution in [3.8, 4) is 12.3 Å². The fraction of sp³-hybridized carbons (Fsp3) is 0.429. The highest BCUT2D eigenvalue weighted by molar-refractivity contribution is 5.29. The van der Waals surface area contributed by atoms with E-state index in [1.54, 1.807) is 0 Å². The fourth-order valence-electron chi connectivity index (χ4n) is 1.55. The van der Waals surface area contributed by atoms with E-state index in [9.17, 15) is 0 Å². The Hall–Kier alpha value is -1.22. The van der Waals surface area contributed by atoms with E-state index in [1.165, 1.54) is 24.0 Å². The van der Waals surface area contributed by atoms with Gasteiger partial charge in [-0.1, -0.05) is 55.5 Å². The average molecular weight is 186 g/mol. The SMILES string of the molecule is C#CC(CCCC)c1ccc(C)cc1. The van der Waals surface area contributed by atoms with Gasteiger partial charge in [0, 0.05) is 5.92 Å². The van der Waals surface area contributed by atoms with Crippen molar-refractivity contribution in [1.82, 2.24) is 0 Å². The normalized spacial score (nSPS) is 12.1. The van der Waals surface area contributed by atoms with E-state index in [-0.39, 0.29) is 0 Å². The van der Waals surface area contributed by atoms with Crippen molar-refractivity contribution in [1.29, 1.82) is 0 Å². The van der Waals surface area contributed by atoms with Crippen LogP contribution in [0, 0.1) is 19.3 Å². The van der Waals surface area contributed by atoms with Crippen LogP contribution in [0.5, 0.6) is 0 Å². The van der Waals surface area contributed by atoms with Crippen molar-refractivity contribution in [2.45, 2.75) is 39.0 Å². The number of unbranched alkanes of at least 4 members (excludes halogenated alkanes) is 1. The van der Waals surface area contributed by atoms with Crippen molar-refractivity contribution in [3.05, 3.63) is 35.4 Å². The molecule has 1 aromatic rings. The van der Waals surface area contributed by atoms with Gasteiger partial charge in [-0.05, 0) is 18.9 Å². The number of aryl methyl sites for hydroxylation is 1. The van der Waals surface area contributed by atoms with Gasteiger partial charge >= 0.3 is 0 Å². The molecule has 0 fully saturated rings. The zero-order chi connectivity index (χ0) is 10.4. The van der Waals surface area contributed by atoms with Crippen LogP contribution in [-0.4, -0.2) is 0 Å². The smallest absolute Gasteiger partial charge is 0.0449 e. The van der Waals surface area contributed by atoms with E-state index in [0.29, 0.717) is 5.92 Å². The largest absolute Gasteiger partial charge is 0.119 e. The van der Waals surface area contributed by atoms with E-state index in [2.05, 4.69) is 44.0 Å². The lowest BCUT2D eigenvalue weighted by Gasteiger charge is -2.10. The molecule has 1 unspecified atom stereocenters. The van der Waals surface area contributed by atoms with Crippen LogP contribution in [-0.2, 0) is 0 Å². The predicted octanol–water partition coefficient (Wildman–Crippen LogP) is 3.90. The molecule has 0 saturated heterocycles. The van der Waals surface area contributed by atoms with Crippen LogP contribution < -0.4 is 0 Å². The molecule has 0 bridgehead atoms. The summed E-state index contributed by atoms with van der Waals surface area (Å²) in [6, 6.07) is 8.56. The first-order valence-corrected chi connectivity index (χ1v) is 5.30. The lowest BCUT2D eigenvalue weighted by atomic mass is 9.94. The third-order valence-electron chi connectivity index (χ3n) is 2.53. The summed E-state index contributed by atoms with van der Waals surface area (Å²) < 4.78 is 0. The molecule has 0 aromatic heterocycles. The highest BCUT2D eigenvalue weighted by atomic mass is 14.1. The zero-order valence-electron chi connectivity index (χ0n) is 9.09. The number of rotatable bonds is 4. The molecule has 0 heterocycles. The lowest BCUT2D eigenvalue weighted by Crippen LogP contribution is -1.95. The molecule has 74 valence electrons. The maximum absolute atomic E-state index is 5.53. The minimum atomic E-state index is 0.301. The van der Waals surface area contributed by atoms with Crippen molar-refractivity contribution in [2.75, 3.05) is 0 Å². The molecule has 1 atom stereocenters.